The number of rotatable bonds is 6. The van der Waals surface area contributed by atoms with Crippen molar-refractivity contribution in [2.45, 2.75) is 45.1 Å². The SMILES string of the molecule is CC(CCN)CCC(=O)N1CCCC1C(=O)O. The van der Waals surface area contributed by atoms with Crippen LogP contribution < -0.4 is 5.73 Å². The molecule has 0 aliphatic carbocycles. The van der Waals surface area contributed by atoms with Crippen LogP contribution in [0.25, 0.3) is 0 Å². The molecule has 5 nitrogen and oxygen atoms in total. The van der Waals surface area contributed by atoms with Gasteiger partial charge < -0.3 is 15.7 Å². The maximum atomic E-state index is 11.9. The van der Waals surface area contributed by atoms with Gasteiger partial charge in [0, 0.05) is 13.0 Å². The van der Waals surface area contributed by atoms with Gasteiger partial charge in [0.15, 0.2) is 0 Å². The maximum absolute atomic E-state index is 11.9. The summed E-state index contributed by atoms with van der Waals surface area (Å²) < 4.78 is 0. The molecule has 0 aromatic rings. The average molecular weight is 242 g/mol. The number of amides is 1. The minimum atomic E-state index is -0.883. The van der Waals surface area contributed by atoms with Crippen molar-refractivity contribution >= 4 is 11.9 Å². The van der Waals surface area contributed by atoms with E-state index in [1.165, 1.54) is 4.90 Å². The van der Waals surface area contributed by atoms with Gasteiger partial charge in [-0.25, -0.2) is 4.79 Å². The number of hydrogen-bond donors (Lipinski definition) is 2. The van der Waals surface area contributed by atoms with Crippen LogP contribution in [0.4, 0.5) is 0 Å². The summed E-state index contributed by atoms with van der Waals surface area (Å²) in [6.45, 7) is 3.29. The fourth-order valence-corrected chi connectivity index (χ4v) is 2.26. The molecule has 0 aromatic heterocycles. The summed E-state index contributed by atoms with van der Waals surface area (Å²) in [5.41, 5.74) is 5.45. The van der Waals surface area contributed by atoms with E-state index in [0.717, 1.165) is 19.3 Å². The largest absolute Gasteiger partial charge is 0.480 e. The molecule has 0 saturated carbocycles. The summed E-state index contributed by atoms with van der Waals surface area (Å²) in [5.74, 6) is -0.487. The molecular formula is C12H22N2O3. The molecule has 17 heavy (non-hydrogen) atoms. The fourth-order valence-electron chi connectivity index (χ4n) is 2.26. The Morgan fingerprint density at radius 1 is 1.47 bits per heavy atom. The van der Waals surface area contributed by atoms with E-state index in [1.54, 1.807) is 0 Å². The van der Waals surface area contributed by atoms with Crippen LogP contribution in [0.3, 0.4) is 0 Å². The number of nitrogens with zero attached hydrogens (tertiary/aromatic N) is 1. The first-order chi connectivity index (χ1) is 8.06. The number of carboxylic acids is 1. The lowest BCUT2D eigenvalue weighted by Gasteiger charge is -2.22. The Morgan fingerprint density at radius 2 is 2.18 bits per heavy atom. The first kappa shape index (κ1) is 14.0. The zero-order chi connectivity index (χ0) is 12.8. The zero-order valence-corrected chi connectivity index (χ0v) is 10.4. The minimum Gasteiger partial charge on any atom is -0.480 e. The first-order valence-electron chi connectivity index (χ1n) is 6.28. The van der Waals surface area contributed by atoms with Crippen LogP contribution in [0.2, 0.25) is 0 Å². The van der Waals surface area contributed by atoms with Crippen molar-refractivity contribution in [1.82, 2.24) is 4.90 Å². The average Bonchev–Trinajstić information content (AvgIpc) is 2.75. The molecule has 1 amide bonds. The van der Waals surface area contributed by atoms with Gasteiger partial charge in [0.2, 0.25) is 5.91 Å². The van der Waals surface area contributed by atoms with E-state index in [1.807, 2.05) is 0 Å². The van der Waals surface area contributed by atoms with E-state index in [9.17, 15) is 9.59 Å². The van der Waals surface area contributed by atoms with Crippen molar-refractivity contribution in [3.8, 4) is 0 Å². The van der Waals surface area contributed by atoms with Crippen LogP contribution in [-0.2, 0) is 9.59 Å². The number of nitrogens with two attached hydrogens (primary N) is 1. The van der Waals surface area contributed by atoms with E-state index in [4.69, 9.17) is 10.8 Å². The fraction of sp³-hybridized carbons (Fsp3) is 0.833. The smallest absolute Gasteiger partial charge is 0.326 e. The summed E-state index contributed by atoms with van der Waals surface area (Å²) in [4.78, 5) is 24.4. The summed E-state index contributed by atoms with van der Waals surface area (Å²) >= 11 is 0. The molecule has 0 aromatic carbocycles. The Hall–Kier alpha value is -1.10. The molecule has 1 heterocycles. The Labute approximate surface area is 102 Å². The van der Waals surface area contributed by atoms with Crippen LogP contribution >= 0.6 is 0 Å². The van der Waals surface area contributed by atoms with Crippen molar-refractivity contribution in [2.75, 3.05) is 13.1 Å². The Kier molecular flexibility index (Phi) is 5.41. The molecule has 2 atom stereocenters. The minimum absolute atomic E-state index is 0.0289. The van der Waals surface area contributed by atoms with Gasteiger partial charge in [-0.15, -0.1) is 0 Å². The van der Waals surface area contributed by atoms with E-state index < -0.39 is 12.0 Å². The molecule has 3 N–H and O–H groups in total. The Morgan fingerprint density at radius 3 is 2.76 bits per heavy atom. The van der Waals surface area contributed by atoms with Crippen molar-refractivity contribution < 1.29 is 14.7 Å². The predicted octanol–water partition coefficient (Wildman–Crippen LogP) is 0.827. The monoisotopic (exact) mass is 242 g/mol. The number of carbonyl (C=O) groups is 2. The first-order valence-corrected chi connectivity index (χ1v) is 6.28. The van der Waals surface area contributed by atoms with Crippen LogP contribution in [0.5, 0.6) is 0 Å². The molecule has 0 radical (unpaired) electrons. The van der Waals surface area contributed by atoms with Crippen molar-refractivity contribution in [2.24, 2.45) is 11.7 Å². The number of hydrogen-bond acceptors (Lipinski definition) is 3. The molecule has 2 unspecified atom stereocenters. The van der Waals surface area contributed by atoms with Gasteiger partial charge >= 0.3 is 5.97 Å². The molecule has 98 valence electrons. The van der Waals surface area contributed by atoms with Crippen LogP contribution in [0, 0.1) is 5.92 Å². The van der Waals surface area contributed by atoms with Crippen molar-refractivity contribution in [1.29, 1.82) is 0 Å². The summed E-state index contributed by atoms with van der Waals surface area (Å²) in [5, 5.41) is 8.98. The normalized spacial score (nSPS) is 21.5. The molecule has 1 aliphatic heterocycles. The van der Waals surface area contributed by atoms with Gasteiger partial charge in [-0.05, 0) is 38.1 Å². The highest BCUT2D eigenvalue weighted by Crippen LogP contribution is 2.20. The van der Waals surface area contributed by atoms with Crippen LogP contribution in [-0.4, -0.2) is 41.0 Å². The highest BCUT2D eigenvalue weighted by atomic mass is 16.4. The molecule has 1 rings (SSSR count). The van der Waals surface area contributed by atoms with Crippen molar-refractivity contribution in [3.05, 3.63) is 0 Å². The molecule has 1 aliphatic rings. The van der Waals surface area contributed by atoms with Gasteiger partial charge in [-0.3, -0.25) is 4.79 Å². The van der Waals surface area contributed by atoms with Gasteiger partial charge in [0.1, 0.15) is 6.04 Å². The Balaban J connectivity index is 2.39. The number of likely N-dealkylation sites (tertiary alicyclic amines) is 1. The second kappa shape index (κ2) is 6.59. The molecular weight excluding hydrogens is 220 g/mol. The van der Waals surface area contributed by atoms with Crippen LogP contribution in [0.15, 0.2) is 0 Å². The topological polar surface area (TPSA) is 83.6 Å². The van der Waals surface area contributed by atoms with E-state index in [-0.39, 0.29) is 5.91 Å². The molecule has 0 spiro atoms. The second-order valence-electron chi connectivity index (χ2n) is 4.80. The third-order valence-corrected chi connectivity index (χ3v) is 3.37. The number of carbonyl (C=O) groups excluding carboxylic acids is 1. The lowest BCUT2D eigenvalue weighted by Crippen LogP contribution is -2.40. The van der Waals surface area contributed by atoms with E-state index >= 15 is 0 Å². The lowest BCUT2D eigenvalue weighted by atomic mass is 10.0. The molecule has 1 saturated heterocycles. The van der Waals surface area contributed by atoms with Gasteiger partial charge in [0.25, 0.3) is 0 Å². The standard InChI is InChI=1S/C12H22N2O3/c1-9(6-7-13)4-5-11(15)14-8-2-3-10(14)12(16)17/h9-10H,2-8,13H2,1H3,(H,16,17). The highest BCUT2D eigenvalue weighted by Gasteiger charge is 2.33. The number of carboxylic acid groups (broad SMARTS) is 1. The van der Waals surface area contributed by atoms with Gasteiger partial charge in [0.05, 0.1) is 0 Å². The van der Waals surface area contributed by atoms with E-state index in [0.29, 0.717) is 31.8 Å². The highest BCUT2D eigenvalue weighted by molar-refractivity contribution is 5.84. The second-order valence-corrected chi connectivity index (χ2v) is 4.80. The quantitative estimate of drug-likeness (QED) is 0.722. The predicted molar refractivity (Wildman–Crippen MR) is 64.4 cm³/mol. The third-order valence-electron chi connectivity index (χ3n) is 3.37. The third kappa shape index (κ3) is 4.00. The molecule has 5 heteroatoms. The summed E-state index contributed by atoms with van der Waals surface area (Å²) in [6, 6.07) is -0.604. The van der Waals surface area contributed by atoms with Gasteiger partial charge in [-0.2, -0.15) is 0 Å². The lowest BCUT2D eigenvalue weighted by molar-refractivity contribution is -0.148. The van der Waals surface area contributed by atoms with Crippen LogP contribution in [0.1, 0.15) is 39.0 Å². The molecule has 1 fully saturated rings. The number of aliphatic carboxylic acids is 1. The van der Waals surface area contributed by atoms with Gasteiger partial charge in [-0.1, -0.05) is 6.92 Å². The molecule has 0 bridgehead atoms. The summed E-state index contributed by atoms with van der Waals surface area (Å²) in [6.07, 6.45) is 3.51. The maximum Gasteiger partial charge on any atom is 0.326 e. The summed E-state index contributed by atoms with van der Waals surface area (Å²) in [7, 11) is 0. The van der Waals surface area contributed by atoms with Crippen molar-refractivity contribution in [3.63, 3.8) is 0 Å². The Bertz CT molecular complexity index is 281. The zero-order valence-electron chi connectivity index (χ0n) is 10.4. The van der Waals surface area contributed by atoms with E-state index in [2.05, 4.69) is 6.92 Å².